The molecular weight excluding hydrogens is 416 g/mol. The number of benzene rings is 2. The molecule has 1 amide bonds. The summed E-state index contributed by atoms with van der Waals surface area (Å²) in [4.78, 5) is 16.2. The zero-order valence-electron chi connectivity index (χ0n) is 14.5. The van der Waals surface area contributed by atoms with Crippen LogP contribution in [-0.4, -0.2) is 24.3 Å². The number of amides is 1. The van der Waals surface area contributed by atoms with E-state index in [0.29, 0.717) is 12.2 Å². The average molecular weight is 433 g/mol. The van der Waals surface area contributed by atoms with E-state index in [-0.39, 0.29) is 15.0 Å². The normalized spacial score (nSPS) is 10.9. The van der Waals surface area contributed by atoms with E-state index >= 15 is 0 Å². The van der Waals surface area contributed by atoms with Gasteiger partial charge in [-0.3, -0.25) is 9.52 Å². The Balaban J connectivity index is 1.57. The van der Waals surface area contributed by atoms with Crippen LogP contribution in [-0.2, 0) is 21.4 Å². The number of thiazole rings is 1. The van der Waals surface area contributed by atoms with Crippen LogP contribution in [0.15, 0.2) is 71.1 Å². The minimum absolute atomic E-state index is 0.0472. The Bertz CT molecular complexity index is 1050. The van der Waals surface area contributed by atoms with E-state index in [9.17, 15) is 13.2 Å². The molecule has 144 valence electrons. The fraction of sp³-hybridized carbons (Fsp3) is 0.0556. The van der Waals surface area contributed by atoms with Crippen molar-refractivity contribution in [2.45, 2.75) is 11.4 Å². The van der Waals surface area contributed by atoms with Crippen molar-refractivity contribution < 1.29 is 13.2 Å². The number of sulfonamides is 1. The molecule has 0 aliphatic heterocycles. The second kappa shape index (κ2) is 8.91. The molecule has 0 saturated heterocycles. The van der Waals surface area contributed by atoms with Crippen molar-refractivity contribution in [2.24, 2.45) is 0 Å². The van der Waals surface area contributed by atoms with Crippen LogP contribution in [0.1, 0.15) is 5.56 Å². The summed E-state index contributed by atoms with van der Waals surface area (Å²) in [6, 6.07) is 15.3. The molecule has 0 aliphatic rings. The third kappa shape index (κ3) is 5.35. The third-order valence-electron chi connectivity index (χ3n) is 3.58. The lowest BCUT2D eigenvalue weighted by atomic mass is 10.2. The van der Waals surface area contributed by atoms with Gasteiger partial charge in [-0.15, -0.1) is 11.3 Å². The number of nitrogens with one attached hydrogen (secondary N) is 3. The summed E-state index contributed by atoms with van der Waals surface area (Å²) in [5, 5.41) is 7.48. The quantitative estimate of drug-likeness (QED) is 0.518. The van der Waals surface area contributed by atoms with Crippen LogP contribution in [0.3, 0.4) is 0 Å². The second-order valence-corrected chi connectivity index (χ2v) is 8.57. The van der Waals surface area contributed by atoms with Gasteiger partial charge in [-0.05, 0) is 29.8 Å². The van der Waals surface area contributed by atoms with Crippen molar-refractivity contribution in [1.29, 1.82) is 0 Å². The van der Waals surface area contributed by atoms with Crippen molar-refractivity contribution >= 4 is 55.3 Å². The maximum Gasteiger partial charge on any atom is 0.283 e. The topological polar surface area (TPSA) is 100 Å². The van der Waals surface area contributed by atoms with Crippen LogP contribution in [0.25, 0.3) is 0 Å². The van der Waals surface area contributed by atoms with Gasteiger partial charge < -0.3 is 10.6 Å². The zero-order chi connectivity index (χ0) is 20.0. The zero-order valence-corrected chi connectivity index (χ0v) is 16.9. The van der Waals surface area contributed by atoms with Crippen molar-refractivity contribution in [3.63, 3.8) is 0 Å². The standard InChI is InChI=1S/C18H16N4O3S3/c23-16(17(26)20-12-13-4-2-1-3-5-13)21-14-6-8-15(9-7-14)28(24,25)22-18-19-10-11-27-18/h1-11H,12H2,(H,19,22)(H,20,26)(H,21,23). The highest BCUT2D eigenvalue weighted by Crippen LogP contribution is 2.19. The van der Waals surface area contributed by atoms with Crippen molar-refractivity contribution in [3.8, 4) is 0 Å². The fourth-order valence-electron chi connectivity index (χ4n) is 2.21. The Morgan fingerprint density at radius 2 is 1.79 bits per heavy atom. The molecule has 0 aliphatic carbocycles. The summed E-state index contributed by atoms with van der Waals surface area (Å²) in [7, 11) is -3.74. The first-order valence-corrected chi connectivity index (χ1v) is 10.9. The lowest BCUT2D eigenvalue weighted by molar-refractivity contribution is -0.110. The van der Waals surface area contributed by atoms with Crippen LogP contribution < -0.4 is 15.4 Å². The number of nitrogens with zero attached hydrogens (tertiary/aromatic N) is 1. The molecule has 0 saturated carbocycles. The van der Waals surface area contributed by atoms with E-state index in [1.54, 1.807) is 5.38 Å². The van der Waals surface area contributed by atoms with Crippen LogP contribution in [0.5, 0.6) is 0 Å². The second-order valence-electron chi connectivity index (χ2n) is 5.59. The van der Waals surface area contributed by atoms with Crippen molar-refractivity contribution in [3.05, 3.63) is 71.7 Å². The predicted octanol–water partition coefficient (Wildman–Crippen LogP) is 3.00. The summed E-state index contributed by atoms with van der Waals surface area (Å²) in [5.41, 5.74) is 1.43. The van der Waals surface area contributed by atoms with Gasteiger partial charge in [0.2, 0.25) is 0 Å². The number of hydrogen-bond donors (Lipinski definition) is 3. The molecule has 1 aromatic heterocycles. The SMILES string of the molecule is O=C(Nc1ccc(S(=O)(=O)Nc2nccs2)cc1)C(=S)NCc1ccccc1. The molecular formula is C18H16N4O3S3. The number of anilines is 2. The monoisotopic (exact) mass is 432 g/mol. The van der Waals surface area contributed by atoms with Crippen molar-refractivity contribution in [1.82, 2.24) is 10.3 Å². The molecule has 1 heterocycles. The summed E-state index contributed by atoms with van der Waals surface area (Å²) in [6.45, 7) is 0.437. The molecule has 10 heteroatoms. The van der Waals surface area contributed by atoms with Crippen LogP contribution in [0.2, 0.25) is 0 Å². The molecule has 7 nitrogen and oxygen atoms in total. The highest BCUT2D eigenvalue weighted by molar-refractivity contribution is 7.93. The van der Waals surface area contributed by atoms with Gasteiger partial charge in [-0.1, -0.05) is 42.5 Å². The largest absolute Gasteiger partial charge is 0.368 e. The van der Waals surface area contributed by atoms with E-state index < -0.39 is 15.9 Å². The van der Waals surface area contributed by atoms with Crippen LogP contribution in [0, 0.1) is 0 Å². The van der Waals surface area contributed by atoms with E-state index in [2.05, 4.69) is 20.3 Å². The van der Waals surface area contributed by atoms with Gasteiger partial charge in [0.05, 0.1) is 4.90 Å². The first-order valence-electron chi connectivity index (χ1n) is 8.09. The first-order chi connectivity index (χ1) is 13.4. The van der Waals surface area contributed by atoms with E-state index in [1.165, 1.54) is 41.8 Å². The molecule has 0 radical (unpaired) electrons. The van der Waals surface area contributed by atoms with E-state index in [0.717, 1.165) is 5.56 Å². The van der Waals surface area contributed by atoms with Gasteiger partial charge in [0.1, 0.15) is 0 Å². The first kappa shape index (κ1) is 19.9. The molecule has 3 aromatic rings. The van der Waals surface area contributed by atoms with Crippen LogP contribution in [0.4, 0.5) is 10.8 Å². The van der Waals surface area contributed by atoms with E-state index in [4.69, 9.17) is 12.2 Å². The Hall–Kier alpha value is -2.82. The fourth-order valence-corrected chi connectivity index (χ4v) is 4.12. The molecule has 3 rings (SSSR count). The summed E-state index contributed by atoms with van der Waals surface area (Å²) in [6.07, 6.45) is 1.51. The number of thiocarbonyl (C=S) groups is 1. The minimum atomic E-state index is -3.74. The van der Waals surface area contributed by atoms with E-state index in [1.807, 2.05) is 30.3 Å². The maximum absolute atomic E-state index is 12.3. The molecule has 0 fully saturated rings. The number of rotatable bonds is 6. The van der Waals surface area contributed by atoms with Gasteiger partial charge in [0.25, 0.3) is 15.9 Å². The Morgan fingerprint density at radius 3 is 2.43 bits per heavy atom. The molecule has 0 unspecified atom stereocenters. The van der Waals surface area contributed by atoms with Gasteiger partial charge in [0.15, 0.2) is 10.1 Å². The number of carbonyl (C=O) groups is 1. The van der Waals surface area contributed by atoms with Crippen molar-refractivity contribution in [2.75, 3.05) is 10.0 Å². The lowest BCUT2D eigenvalue weighted by Crippen LogP contribution is -2.33. The summed E-state index contributed by atoms with van der Waals surface area (Å²) in [5.74, 6) is -0.470. The Kier molecular flexibility index (Phi) is 6.34. The lowest BCUT2D eigenvalue weighted by Gasteiger charge is -2.10. The number of carbonyl (C=O) groups excluding carboxylic acids is 1. The molecule has 2 aromatic carbocycles. The Labute approximate surface area is 171 Å². The third-order valence-corrected chi connectivity index (χ3v) is 6.08. The molecule has 0 bridgehead atoms. The van der Waals surface area contributed by atoms with Gasteiger partial charge in [-0.2, -0.15) is 0 Å². The summed E-state index contributed by atoms with van der Waals surface area (Å²) < 4.78 is 27.0. The highest BCUT2D eigenvalue weighted by atomic mass is 32.2. The molecule has 0 spiro atoms. The predicted molar refractivity (Wildman–Crippen MR) is 114 cm³/mol. The minimum Gasteiger partial charge on any atom is -0.368 e. The molecule has 0 atom stereocenters. The van der Waals surface area contributed by atoms with Gasteiger partial charge in [-0.25, -0.2) is 13.4 Å². The number of hydrogen-bond acceptors (Lipinski definition) is 6. The van der Waals surface area contributed by atoms with Gasteiger partial charge in [0, 0.05) is 23.8 Å². The Morgan fingerprint density at radius 1 is 1.07 bits per heavy atom. The smallest absolute Gasteiger partial charge is 0.283 e. The van der Waals surface area contributed by atoms with Crippen LogP contribution >= 0.6 is 23.6 Å². The average Bonchev–Trinajstić information content (AvgIpc) is 3.19. The highest BCUT2D eigenvalue weighted by Gasteiger charge is 2.16. The summed E-state index contributed by atoms with van der Waals surface area (Å²) >= 11 is 6.27. The molecule has 3 N–H and O–H groups in total. The maximum atomic E-state index is 12.3. The van der Waals surface area contributed by atoms with Gasteiger partial charge >= 0.3 is 0 Å². The molecule has 28 heavy (non-hydrogen) atoms. The number of aromatic nitrogens is 1.